The number of benzene rings is 2. The summed E-state index contributed by atoms with van der Waals surface area (Å²) in [7, 11) is 0. The van der Waals surface area contributed by atoms with Gasteiger partial charge in [-0.15, -0.1) is 0 Å². The van der Waals surface area contributed by atoms with E-state index in [-0.39, 0.29) is 0 Å². The van der Waals surface area contributed by atoms with Crippen LogP contribution in [0.2, 0.25) is 0 Å². The van der Waals surface area contributed by atoms with Crippen LogP contribution in [-0.4, -0.2) is 22.6 Å². The molecule has 0 saturated carbocycles. The monoisotopic (exact) mass is 344 g/mol. The van der Waals surface area contributed by atoms with Crippen molar-refractivity contribution in [3.05, 3.63) is 78.1 Å². The first-order valence-corrected chi connectivity index (χ1v) is 9.20. The van der Waals surface area contributed by atoms with E-state index in [2.05, 4.69) is 94.3 Å². The van der Waals surface area contributed by atoms with Crippen LogP contribution in [0.4, 0.5) is 17.3 Å². The van der Waals surface area contributed by atoms with Gasteiger partial charge in [0.1, 0.15) is 18.0 Å². The molecule has 4 heteroatoms. The van der Waals surface area contributed by atoms with Crippen molar-refractivity contribution < 1.29 is 0 Å². The minimum atomic E-state index is 0.351. The van der Waals surface area contributed by atoms with E-state index in [0.29, 0.717) is 6.04 Å². The summed E-state index contributed by atoms with van der Waals surface area (Å²) in [6.45, 7) is 6.22. The second-order valence-electron chi connectivity index (χ2n) is 6.97. The average molecular weight is 344 g/mol. The number of anilines is 3. The zero-order valence-electron chi connectivity index (χ0n) is 15.3. The Hall–Kier alpha value is -2.88. The van der Waals surface area contributed by atoms with Gasteiger partial charge in [0, 0.05) is 30.9 Å². The van der Waals surface area contributed by atoms with Crippen LogP contribution in [0.25, 0.3) is 0 Å². The minimum Gasteiger partial charge on any atom is -0.350 e. The Morgan fingerprint density at radius 1 is 1.00 bits per heavy atom. The van der Waals surface area contributed by atoms with Crippen molar-refractivity contribution >= 4 is 17.3 Å². The number of hydrogen-bond donors (Lipinski definition) is 0. The average Bonchev–Trinajstić information content (AvgIpc) is 3.11. The van der Waals surface area contributed by atoms with Crippen LogP contribution in [0, 0.1) is 0 Å². The number of nitrogens with zero attached hydrogens (tertiary/aromatic N) is 4. The molecule has 1 aromatic heterocycles. The van der Waals surface area contributed by atoms with Gasteiger partial charge in [0.05, 0.1) is 0 Å². The molecule has 0 atom stereocenters. The molecule has 0 unspecified atom stereocenters. The van der Waals surface area contributed by atoms with Gasteiger partial charge in [0.2, 0.25) is 0 Å². The molecule has 4 nitrogen and oxygen atoms in total. The van der Waals surface area contributed by atoms with Gasteiger partial charge in [-0.1, -0.05) is 48.5 Å². The van der Waals surface area contributed by atoms with Gasteiger partial charge in [-0.2, -0.15) is 0 Å². The van der Waals surface area contributed by atoms with Gasteiger partial charge in [0.15, 0.2) is 0 Å². The summed E-state index contributed by atoms with van der Waals surface area (Å²) in [6, 6.07) is 21.6. The van der Waals surface area contributed by atoms with Crippen LogP contribution >= 0.6 is 0 Å². The van der Waals surface area contributed by atoms with Crippen molar-refractivity contribution in [2.24, 2.45) is 0 Å². The summed E-state index contributed by atoms with van der Waals surface area (Å²) in [4.78, 5) is 13.7. The third kappa shape index (κ3) is 3.27. The van der Waals surface area contributed by atoms with E-state index >= 15 is 0 Å². The summed E-state index contributed by atoms with van der Waals surface area (Å²) >= 11 is 0. The van der Waals surface area contributed by atoms with Crippen molar-refractivity contribution in [2.45, 2.75) is 32.9 Å². The predicted molar refractivity (Wildman–Crippen MR) is 107 cm³/mol. The van der Waals surface area contributed by atoms with Crippen molar-refractivity contribution in [1.29, 1.82) is 0 Å². The van der Waals surface area contributed by atoms with E-state index in [1.165, 1.54) is 16.8 Å². The molecule has 0 bridgehead atoms. The molecule has 0 radical (unpaired) electrons. The molecule has 0 spiro atoms. The molecule has 2 aromatic carbocycles. The predicted octanol–water partition coefficient (Wildman–Crippen LogP) is 4.59. The highest BCUT2D eigenvalue weighted by Gasteiger charge is 2.22. The Morgan fingerprint density at radius 3 is 2.58 bits per heavy atom. The maximum atomic E-state index is 4.57. The zero-order chi connectivity index (χ0) is 17.9. The third-order valence-corrected chi connectivity index (χ3v) is 4.92. The van der Waals surface area contributed by atoms with Crippen LogP contribution < -0.4 is 9.80 Å². The lowest BCUT2D eigenvalue weighted by molar-refractivity contribution is 0.671. The van der Waals surface area contributed by atoms with E-state index in [1.54, 1.807) is 6.33 Å². The zero-order valence-corrected chi connectivity index (χ0v) is 15.3. The summed E-state index contributed by atoms with van der Waals surface area (Å²) in [5.41, 5.74) is 3.93. The quantitative estimate of drug-likeness (QED) is 0.678. The fraction of sp³-hybridized carbons (Fsp3) is 0.273. The van der Waals surface area contributed by atoms with E-state index in [4.69, 9.17) is 0 Å². The van der Waals surface area contributed by atoms with Crippen molar-refractivity contribution in [3.8, 4) is 0 Å². The molecule has 2 heterocycles. The Morgan fingerprint density at radius 2 is 1.77 bits per heavy atom. The molecular weight excluding hydrogens is 320 g/mol. The number of hydrogen-bond acceptors (Lipinski definition) is 4. The highest BCUT2D eigenvalue weighted by atomic mass is 15.2. The molecule has 1 aliphatic heterocycles. The number of fused-ring (bicyclic) bond motifs is 1. The molecule has 0 fully saturated rings. The normalized spacial score (nSPS) is 13.1. The van der Waals surface area contributed by atoms with Gasteiger partial charge in [-0.3, -0.25) is 0 Å². The lowest BCUT2D eigenvalue weighted by Crippen LogP contribution is -2.31. The van der Waals surface area contributed by atoms with Gasteiger partial charge in [-0.25, -0.2) is 9.97 Å². The van der Waals surface area contributed by atoms with Gasteiger partial charge < -0.3 is 9.80 Å². The molecular formula is C22H24N4. The number of aromatic nitrogens is 2. The molecule has 4 rings (SSSR count). The van der Waals surface area contributed by atoms with E-state index in [9.17, 15) is 0 Å². The second-order valence-corrected chi connectivity index (χ2v) is 6.97. The van der Waals surface area contributed by atoms with Crippen LogP contribution in [0.5, 0.6) is 0 Å². The van der Waals surface area contributed by atoms with Gasteiger partial charge in [0.25, 0.3) is 0 Å². The smallest absolute Gasteiger partial charge is 0.138 e. The fourth-order valence-corrected chi connectivity index (χ4v) is 3.53. The fourth-order valence-electron chi connectivity index (χ4n) is 3.53. The Kier molecular flexibility index (Phi) is 4.57. The third-order valence-electron chi connectivity index (χ3n) is 4.92. The van der Waals surface area contributed by atoms with Crippen LogP contribution in [-0.2, 0) is 13.0 Å². The lowest BCUT2D eigenvalue weighted by atomic mass is 10.2. The standard InChI is InChI=1S/C22H24N4/c1-17(2)26(15-18-8-4-3-5-9-18)22-14-21(23-16-24-22)25-13-12-19-10-6-7-11-20(19)25/h3-11,14,16-17H,12-13,15H2,1-2H3. The lowest BCUT2D eigenvalue weighted by Gasteiger charge is -2.29. The van der Waals surface area contributed by atoms with Crippen LogP contribution in [0.1, 0.15) is 25.0 Å². The molecule has 0 aliphatic carbocycles. The summed E-state index contributed by atoms with van der Waals surface area (Å²) < 4.78 is 0. The highest BCUT2D eigenvalue weighted by Crippen LogP contribution is 2.34. The molecule has 0 amide bonds. The first-order chi connectivity index (χ1) is 12.7. The minimum absolute atomic E-state index is 0.351. The van der Waals surface area contributed by atoms with Gasteiger partial charge >= 0.3 is 0 Å². The first kappa shape index (κ1) is 16.6. The first-order valence-electron chi connectivity index (χ1n) is 9.20. The van der Waals surface area contributed by atoms with Gasteiger partial charge in [-0.05, 0) is 37.5 Å². The van der Waals surface area contributed by atoms with Crippen molar-refractivity contribution in [3.63, 3.8) is 0 Å². The molecule has 1 aliphatic rings. The largest absolute Gasteiger partial charge is 0.350 e. The summed E-state index contributed by atoms with van der Waals surface area (Å²) in [6.07, 6.45) is 2.75. The Labute approximate surface area is 155 Å². The molecule has 132 valence electrons. The van der Waals surface area contributed by atoms with Crippen molar-refractivity contribution in [2.75, 3.05) is 16.3 Å². The Bertz CT molecular complexity index is 876. The van der Waals surface area contributed by atoms with Crippen LogP contribution in [0.15, 0.2) is 67.0 Å². The summed E-state index contributed by atoms with van der Waals surface area (Å²) in [5, 5.41) is 0. The van der Waals surface area contributed by atoms with Crippen LogP contribution in [0.3, 0.4) is 0 Å². The number of rotatable bonds is 5. The molecule has 0 saturated heterocycles. The molecule has 0 N–H and O–H groups in total. The van der Waals surface area contributed by atoms with E-state index in [1.807, 2.05) is 0 Å². The maximum absolute atomic E-state index is 4.57. The van der Waals surface area contributed by atoms with E-state index < -0.39 is 0 Å². The van der Waals surface area contributed by atoms with E-state index in [0.717, 1.165) is 31.1 Å². The second kappa shape index (κ2) is 7.16. The topological polar surface area (TPSA) is 32.3 Å². The SMILES string of the molecule is CC(C)N(Cc1ccccc1)c1cc(N2CCc3ccccc32)ncn1. The Balaban J connectivity index is 1.64. The molecule has 26 heavy (non-hydrogen) atoms. The number of para-hydroxylation sites is 1. The maximum Gasteiger partial charge on any atom is 0.138 e. The highest BCUT2D eigenvalue weighted by molar-refractivity contribution is 5.69. The summed E-state index contributed by atoms with van der Waals surface area (Å²) in [5.74, 6) is 1.94. The van der Waals surface area contributed by atoms with Crippen molar-refractivity contribution in [1.82, 2.24) is 9.97 Å². The molecule has 3 aromatic rings.